The largest absolute Gasteiger partial charge is 0.467 e. The molecule has 2 rings (SSSR count). The Morgan fingerprint density at radius 3 is 2.52 bits per heavy atom. The molecule has 0 radical (unpaired) electrons. The van der Waals surface area contributed by atoms with Crippen LogP contribution in [0.15, 0.2) is 36.5 Å². The maximum Gasteiger partial charge on any atom is 0.333 e. The molecule has 7 nitrogen and oxygen atoms in total. The molecule has 0 saturated heterocycles. The summed E-state index contributed by atoms with van der Waals surface area (Å²) in [6, 6.07) is 7.90. The fourth-order valence-electron chi connectivity index (χ4n) is 1.92. The van der Waals surface area contributed by atoms with E-state index in [1.54, 1.807) is 31.3 Å². The highest BCUT2D eigenvalue weighted by atomic mass is 16.5. The summed E-state index contributed by atoms with van der Waals surface area (Å²) < 4.78 is 6.16. The maximum atomic E-state index is 12.2. The summed E-state index contributed by atoms with van der Waals surface area (Å²) in [5.74, 6) is -1.10. The van der Waals surface area contributed by atoms with Crippen molar-refractivity contribution in [2.45, 2.75) is 6.04 Å². The number of rotatable bonds is 4. The van der Waals surface area contributed by atoms with Gasteiger partial charge in [-0.15, -0.1) is 0 Å². The average Bonchev–Trinajstić information content (AvgIpc) is 2.83. The molecule has 1 aromatic carbocycles. The number of nitrogens with one attached hydrogen (secondary N) is 1. The molecule has 1 amide bonds. The number of esters is 1. The van der Waals surface area contributed by atoms with E-state index in [-0.39, 0.29) is 11.4 Å². The molecule has 2 aromatic rings. The number of carbonyl (C=O) groups is 2. The van der Waals surface area contributed by atoms with Crippen molar-refractivity contribution >= 4 is 17.6 Å². The Balaban J connectivity index is 2.25. The number of ether oxygens (including phenoxy) is 1. The number of hydrogen-bond donors (Lipinski definition) is 2. The smallest absolute Gasteiger partial charge is 0.333 e. The lowest BCUT2D eigenvalue weighted by Crippen LogP contribution is -2.35. The van der Waals surface area contributed by atoms with Crippen LogP contribution < -0.4 is 11.1 Å². The first-order valence-electron chi connectivity index (χ1n) is 6.25. The predicted octanol–water partition coefficient (Wildman–Crippen LogP) is 0.646. The van der Waals surface area contributed by atoms with Crippen molar-refractivity contribution in [3.8, 4) is 0 Å². The first-order valence-corrected chi connectivity index (χ1v) is 6.25. The lowest BCUT2D eigenvalue weighted by molar-refractivity contribution is -0.143. The van der Waals surface area contributed by atoms with Gasteiger partial charge in [0.2, 0.25) is 0 Å². The van der Waals surface area contributed by atoms with E-state index in [0.29, 0.717) is 5.56 Å². The lowest BCUT2D eigenvalue weighted by Gasteiger charge is -2.16. The monoisotopic (exact) mass is 288 g/mol. The molecule has 0 aliphatic rings. The molecule has 0 fully saturated rings. The van der Waals surface area contributed by atoms with Crippen LogP contribution in [0.3, 0.4) is 0 Å². The van der Waals surface area contributed by atoms with Crippen LogP contribution in [-0.2, 0) is 16.6 Å². The third kappa shape index (κ3) is 3.19. The highest BCUT2D eigenvalue weighted by molar-refractivity contribution is 5.99. The molecule has 3 N–H and O–H groups in total. The van der Waals surface area contributed by atoms with Crippen LogP contribution in [0.2, 0.25) is 0 Å². The third-order valence-electron chi connectivity index (χ3n) is 2.92. The summed E-state index contributed by atoms with van der Waals surface area (Å²) in [5, 5.41) is 6.55. The van der Waals surface area contributed by atoms with Gasteiger partial charge in [0.1, 0.15) is 0 Å². The second-order valence-corrected chi connectivity index (χ2v) is 4.45. The molecule has 7 heteroatoms. The number of nitrogen functional groups attached to an aromatic ring is 1. The zero-order valence-corrected chi connectivity index (χ0v) is 11.7. The van der Waals surface area contributed by atoms with Crippen LogP contribution in [0.1, 0.15) is 22.1 Å². The van der Waals surface area contributed by atoms with Crippen molar-refractivity contribution in [1.82, 2.24) is 15.1 Å². The minimum atomic E-state index is -0.912. The molecule has 110 valence electrons. The number of carbonyl (C=O) groups excluding carboxylic acids is 2. The Hall–Kier alpha value is -2.83. The van der Waals surface area contributed by atoms with Crippen LogP contribution in [-0.4, -0.2) is 28.8 Å². The normalized spacial score (nSPS) is 11.7. The van der Waals surface area contributed by atoms with Crippen molar-refractivity contribution in [2.75, 3.05) is 12.8 Å². The van der Waals surface area contributed by atoms with Gasteiger partial charge in [0.05, 0.1) is 12.8 Å². The molecule has 1 atom stereocenters. The van der Waals surface area contributed by atoms with Gasteiger partial charge < -0.3 is 15.8 Å². The number of anilines is 1. The number of aromatic nitrogens is 2. The minimum Gasteiger partial charge on any atom is -0.467 e. The van der Waals surface area contributed by atoms with E-state index >= 15 is 0 Å². The van der Waals surface area contributed by atoms with E-state index in [2.05, 4.69) is 10.4 Å². The number of nitrogens with two attached hydrogens (primary N) is 1. The van der Waals surface area contributed by atoms with Crippen molar-refractivity contribution in [3.63, 3.8) is 0 Å². The summed E-state index contributed by atoms with van der Waals surface area (Å²) in [6.07, 6.45) is 1.52. The van der Waals surface area contributed by atoms with Crippen molar-refractivity contribution in [2.24, 2.45) is 7.05 Å². The van der Waals surface area contributed by atoms with Crippen LogP contribution in [0.25, 0.3) is 0 Å². The van der Waals surface area contributed by atoms with Gasteiger partial charge in [-0.3, -0.25) is 9.48 Å². The Bertz CT molecular complexity index is 651. The first kappa shape index (κ1) is 14.6. The van der Waals surface area contributed by atoms with E-state index < -0.39 is 17.9 Å². The highest BCUT2D eigenvalue weighted by Gasteiger charge is 2.25. The van der Waals surface area contributed by atoms with Gasteiger partial charge >= 0.3 is 5.97 Å². The second kappa shape index (κ2) is 6.08. The number of hydrogen-bond acceptors (Lipinski definition) is 5. The van der Waals surface area contributed by atoms with Crippen molar-refractivity contribution in [3.05, 3.63) is 47.8 Å². The summed E-state index contributed by atoms with van der Waals surface area (Å²) in [6.45, 7) is 0. The molecule has 21 heavy (non-hydrogen) atoms. The van der Waals surface area contributed by atoms with Crippen LogP contribution in [0.4, 0.5) is 5.69 Å². The minimum absolute atomic E-state index is 0.0716. The van der Waals surface area contributed by atoms with E-state index in [1.807, 2.05) is 6.07 Å². The molecule has 1 heterocycles. The van der Waals surface area contributed by atoms with Crippen molar-refractivity contribution in [1.29, 1.82) is 0 Å². The van der Waals surface area contributed by atoms with Gasteiger partial charge in [0.15, 0.2) is 11.7 Å². The molecule has 0 spiro atoms. The summed E-state index contributed by atoms with van der Waals surface area (Å²) in [5.41, 5.74) is 6.64. The van der Waals surface area contributed by atoms with Gasteiger partial charge in [-0.05, 0) is 5.56 Å². The number of methoxy groups -OCH3 is 1. The van der Waals surface area contributed by atoms with Gasteiger partial charge in [0.25, 0.3) is 5.91 Å². The Kier molecular flexibility index (Phi) is 4.22. The van der Waals surface area contributed by atoms with Gasteiger partial charge in [-0.25, -0.2) is 4.79 Å². The quantitative estimate of drug-likeness (QED) is 0.805. The highest BCUT2D eigenvalue weighted by Crippen LogP contribution is 2.16. The summed E-state index contributed by atoms with van der Waals surface area (Å²) in [4.78, 5) is 24.1. The molecule has 0 aliphatic carbocycles. The molecule has 0 aliphatic heterocycles. The Labute approximate surface area is 121 Å². The zero-order valence-electron chi connectivity index (χ0n) is 11.7. The number of benzene rings is 1. The zero-order chi connectivity index (χ0) is 15.4. The maximum absolute atomic E-state index is 12.2. The summed E-state index contributed by atoms with van der Waals surface area (Å²) in [7, 11) is 2.92. The predicted molar refractivity (Wildman–Crippen MR) is 76.3 cm³/mol. The summed E-state index contributed by atoms with van der Waals surface area (Å²) >= 11 is 0. The average molecular weight is 288 g/mol. The number of nitrogens with zero attached hydrogens (tertiary/aromatic N) is 2. The molecular formula is C14H16N4O3. The van der Waals surface area contributed by atoms with Crippen LogP contribution >= 0.6 is 0 Å². The van der Waals surface area contributed by atoms with Gasteiger partial charge in [-0.1, -0.05) is 30.3 Å². The van der Waals surface area contributed by atoms with E-state index in [4.69, 9.17) is 10.5 Å². The SMILES string of the molecule is COC(=O)C(NC(=O)c1nn(C)cc1N)c1ccccc1. The van der Waals surface area contributed by atoms with Crippen LogP contribution in [0, 0.1) is 0 Å². The first-order chi connectivity index (χ1) is 10.0. The molecule has 0 saturated carbocycles. The van der Waals surface area contributed by atoms with Gasteiger partial charge in [-0.2, -0.15) is 5.10 Å². The Morgan fingerprint density at radius 2 is 2.00 bits per heavy atom. The second-order valence-electron chi connectivity index (χ2n) is 4.45. The van der Waals surface area contributed by atoms with Crippen molar-refractivity contribution < 1.29 is 14.3 Å². The van der Waals surface area contributed by atoms with Gasteiger partial charge in [0, 0.05) is 13.2 Å². The molecule has 0 bridgehead atoms. The molecular weight excluding hydrogens is 272 g/mol. The van der Waals surface area contributed by atoms with E-state index in [1.165, 1.54) is 18.0 Å². The standard InChI is InChI=1S/C14H16N4O3/c1-18-8-10(15)12(17-18)13(19)16-11(14(20)21-2)9-6-4-3-5-7-9/h3-8,11H,15H2,1-2H3,(H,16,19). The number of amides is 1. The van der Waals surface area contributed by atoms with E-state index in [0.717, 1.165) is 0 Å². The molecule has 1 unspecified atom stereocenters. The third-order valence-corrected chi connectivity index (χ3v) is 2.92. The Morgan fingerprint density at radius 1 is 1.33 bits per heavy atom. The lowest BCUT2D eigenvalue weighted by atomic mass is 10.1. The van der Waals surface area contributed by atoms with E-state index in [9.17, 15) is 9.59 Å². The number of aryl methyl sites for hydroxylation is 1. The molecule has 1 aromatic heterocycles. The van der Waals surface area contributed by atoms with Crippen LogP contribution in [0.5, 0.6) is 0 Å². The fourth-order valence-corrected chi connectivity index (χ4v) is 1.92. The fraction of sp³-hybridized carbons (Fsp3) is 0.214. The topological polar surface area (TPSA) is 99.2 Å².